The topological polar surface area (TPSA) is 49.3 Å². The highest BCUT2D eigenvalue weighted by atomic mass is 16.3. The molecular formula is C18H29NO2. The number of benzene rings is 1. The van der Waals surface area contributed by atoms with E-state index in [1.165, 1.54) is 0 Å². The quantitative estimate of drug-likeness (QED) is 0.808. The molecule has 3 heteroatoms. The molecule has 1 aromatic rings. The molecule has 1 aromatic carbocycles. The summed E-state index contributed by atoms with van der Waals surface area (Å²) in [6.45, 7) is 8.79. The number of nitrogens with one attached hydrogen (secondary N) is 1. The van der Waals surface area contributed by atoms with Crippen LogP contribution >= 0.6 is 0 Å². The van der Waals surface area contributed by atoms with E-state index in [-0.39, 0.29) is 23.3 Å². The average molecular weight is 291 g/mol. The van der Waals surface area contributed by atoms with E-state index < -0.39 is 0 Å². The molecule has 3 nitrogen and oxygen atoms in total. The smallest absolute Gasteiger partial charge is 0.220 e. The standard InChI is InChI=1S/C18H29NO2/c1-14(20)12-16(15-8-6-5-7-9-15)13-19-17(21)10-11-18(2,3)4/h5-9,14,16,20H,10-13H2,1-4H3,(H,19,21). The third kappa shape index (κ3) is 7.86. The van der Waals surface area contributed by atoms with Gasteiger partial charge in [0.05, 0.1) is 6.10 Å². The van der Waals surface area contributed by atoms with Crippen molar-refractivity contribution >= 4 is 5.91 Å². The van der Waals surface area contributed by atoms with E-state index >= 15 is 0 Å². The SMILES string of the molecule is CC(O)CC(CNC(=O)CCC(C)(C)C)c1ccccc1. The van der Waals surface area contributed by atoms with Crippen LogP contribution in [0.25, 0.3) is 0 Å². The maximum absolute atomic E-state index is 11.9. The van der Waals surface area contributed by atoms with E-state index in [4.69, 9.17) is 0 Å². The Morgan fingerprint density at radius 1 is 1.24 bits per heavy atom. The van der Waals surface area contributed by atoms with Crippen molar-refractivity contribution in [2.24, 2.45) is 5.41 Å². The first-order valence-electron chi connectivity index (χ1n) is 7.77. The first-order valence-corrected chi connectivity index (χ1v) is 7.77. The molecule has 0 spiro atoms. The van der Waals surface area contributed by atoms with Gasteiger partial charge < -0.3 is 10.4 Å². The fourth-order valence-electron chi connectivity index (χ4n) is 2.29. The van der Waals surface area contributed by atoms with Gasteiger partial charge in [0.1, 0.15) is 0 Å². The third-order valence-corrected chi connectivity index (χ3v) is 3.54. The number of rotatable bonds is 7. The molecule has 1 amide bonds. The van der Waals surface area contributed by atoms with E-state index in [0.29, 0.717) is 19.4 Å². The maximum atomic E-state index is 11.9. The van der Waals surface area contributed by atoms with Crippen molar-refractivity contribution < 1.29 is 9.90 Å². The predicted octanol–water partition coefficient (Wildman–Crippen LogP) is 3.48. The summed E-state index contributed by atoms with van der Waals surface area (Å²) < 4.78 is 0. The van der Waals surface area contributed by atoms with Crippen LogP contribution in [0.5, 0.6) is 0 Å². The second kappa shape index (κ2) is 8.18. The van der Waals surface area contributed by atoms with Crippen LogP contribution in [0, 0.1) is 5.41 Å². The first-order chi connectivity index (χ1) is 9.78. The van der Waals surface area contributed by atoms with Gasteiger partial charge in [-0.3, -0.25) is 4.79 Å². The van der Waals surface area contributed by atoms with Crippen LogP contribution in [0.15, 0.2) is 30.3 Å². The van der Waals surface area contributed by atoms with Crippen molar-refractivity contribution in [1.82, 2.24) is 5.32 Å². The highest BCUT2D eigenvalue weighted by molar-refractivity contribution is 5.75. The molecule has 0 saturated heterocycles. The van der Waals surface area contributed by atoms with Crippen molar-refractivity contribution in [3.05, 3.63) is 35.9 Å². The molecular weight excluding hydrogens is 262 g/mol. The number of carbonyl (C=O) groups is 1. The number of hydrogen-bond acceptors (Lipinski definition) is 2. The van der Waals surface area contributed by atoms with Crippen molar-refractivity contribution in [2.75, 3.05) is 6.54 Å². The molecule has 0 aromatic heterocycles. The molecule has 21 heavy (non-hydrogen) atoms. The Labute approximate surface area is 128 Å². The minimum absolute atomic E-state index is 0.0939. The lowest BCUT2D eigenvalue weighted by atomic mass is 9.90. The van der Waals surface area contributed by atoms with Crippen molar-refractivity contribution in [2.45, 2.75) is 59.0 Å². The largest absolute Gasteiger partial charge is 0.393 e. The van der Waals surface area contributed by atoms with Crippen molar-refractivity contribution in [3.63, 3.8) is 0 Å². The van der Waals surface area contributed by atoms with Crippen molar-refractivity contribution in [1.29, 1.82) is 0 Å². The summed E-state index contributed by atoms with van der Waals surface area (Å²) >= 11 is 0. The fraction of sp³-hybridized carbons (Fsp3) is 0.611. The lowest BCUT2D eigenvalue weighted by Crippen LogP contribution is -2.30. The molecule has 2 N–H and O–H groups in total. The highest BCUT2D eigenvalue weighted by Gasteiger charge is 2.17. The predicted molar refractivity (Wildman–Crippen MR) is 87.2 cm³/mol. The molecule has 0 aliphatic carbocycles. The number of hydrogen-bond donors (Lipinski definition) is 2. The number of amides is 1. The normalized spacial score (nSPS) is 14.5. The zero-order valence-corrected chi connectivity index (χ0v) is 13.7. The average Bonchev–Trinajstić information content (AvgIpc) is 2.41. The summed E-state index contributed by atoms with van der Waals surface area (Å²) in [5, 5.41) is 12.7. The van der Waals surface area contributed by atoms with Crippen LogP contribution in [0.1, 0.15) is 58.4 Å². The monoisotopic (exact) mass is 291 g/mol. The van der Waals surface area contributed by atoms with Crippen LogP contribution in [0.2, 0.25) is 0 Å². The minimum Gasteiger partial charge on any atom is -0.393 e. The molecule has 1 rings (SSSR count). The Morgan fingerprint density at radius 2 is 1.86 bits per heavy atom. The minimum atomic E-state index is -0.373. The zero-order valence-electron chi connectivity index (χ0n) is 13.7. The molecule has 118 valence electrons. The van der Waals surface area contributed by atoms with Gasteiger partial charge in [-0.15, -0.1) is 0 Å². The van der Waals surface area contributed by atoms with Crippen LogP contribution in [0.4, 0.5) is 0 Å². The molecule has 2 atom stereocenters. The zero-order chi connectivity index (χ0) is 15.9. The van der Waals surface area contributed by atoms with E-state index in [9.17, 15) is 9.90 Å². The second-order valence-electron chi connectivity index (χ2n) is 7.06. The Kier molecular flexibility index (Phi) is 6.90. The molecule has 0 saturated carbocycles. The van der Waals surface area contributed by atoms with E-state index in [1.807, 2.05) is 30.3 Å². The number of carbonyl (C=O) groups excluding carboxylic acids is 1. The van der Waals surface area contributed by atoms with Crippen molar-refractivity contribution in [3.8, 4) is 0 Å². The molecule has 0 heterocycles. The Hall–Kier alpha value is -1.35. The second-order valence-corrected chi connectivity index (χ2v) is 7.06. The molecule has 2 unspecified atom stereocenters. The Balaban J connectivity index is 2.52. The fourth-order valence-corrected chi connectivity index (χ4v) is 2.29. The first kappa shape index (κ1) is 17.7. The van der Waals surface area contributed by atoms with Gasteiger partial charge in [-0.2, -0.15) is 0 Å². The molecule has 0 aliphatic rings. The summed E-state index contributed by atoms with van der Waals surface area (Å²) in [6.07, 6.45) is 1.72. The third-order valence-electron chi connectivity index (χ3n) is 3.54. The van der Waals surface area contributed by atoms with Gasteiger partial charge in [-0.1, -0.05) is 51.1 Å². The Bertz CT molecular complexity index is 421. The van der Waals surface area contributed by atoms with Gasteiger partial charge >= 0.3 is 0 Å². The molecule has 0 aliphatic heterocycles. The lowest BCUT2D eigenvalue weighted by Gasteiger charge is -2.21. The Morgan fingerprint density at radius 3 is 2.38 bits per heavy atom. The van der Waals surface area contributed by atoms with Crippen LogP contribution in [0.3, 0.4) is 0 Å². The molecule has 0 radical (unpaired) electrons. The van der Waals surface area contributed by atoms with Gasteiger partial charge in [0, 0.05) is 18.9 Å². The van der Waals surface area contributed by atoms with Gasteiger partial charge in [0.25, 0.3) is 0 Å². The summed E-state index contributed by atoms with van der Waals surface area (Å²) in [5.41, 5.74) is 1.34. The molecule has 0 bridgehead atoms. The number of aliphatic hydroxyl groups excluding tert-OH is 1. The van der Waals surface area contributed by atoms with Gasteiger partial charge in [0.2, 0.25) is 5.91 Å². The summed E-state index contributed by atoms with van der Waals surface area (Å²) in [6, 6.07) is 10.1. The van der Waals surface area contributed by atoms with Crippen LogP contribution < -0.4 is 5.32 Å². The van der Waals surface area contributed by atoms with Gasteiger partial charge in [-0.05, 0) is 30.7 Å². The van der Waals surface area contributed by atoms with Crippen LogP contribution in [-0.4, -0.2) is 23.7 Å². The van der Waals surface area contributed by atoms with E-state index in [2.05, 4.69) is 26.1 Å². The van der Waals surface area contributed by atoms with Crippen LogP contribution in [-0.2, 0) is 4.79 Å². The lowest BCUT2D eigenvalue weighted by molar-refractivity contribution is -0.121. The van der Waals surface area contributed by atoms with Gasteiger partial charge in [-0.25, -0.2) is 0 Å². The summed E-state index contributed by atoms with van der Waals surface area (Å²) in [7, 11) is 0. The highest BCUT2D eigenvalue weighted by Crippen LogP contribution is 2.22. The van der Waals surface area contributed by atoms with E-state index in [0.717, 1.165) is 12.0 Å². The summed E-state index contributed by atoms with van der Waals surface area (Å²) in [4.78, 5) is 11.9. The van der Waals surface area contributed by atoms with E-state index in [1.54, 1.807) is 6.92 Å². The number of aliphatic hydroxyl groups is 1. The maximum Gasteiger partial charge on any atom is 0.220 e. The molecule has 0 fully saturated rings. The van der Waals surface area contributed by atoms with Gasteiger partial charge in [0.15, 0.2) is 0 Å². The summed E-state index contributed by atoms with van der Waals surface area (Å²) in [5.74, 6) is 0.251.